The lowest BCUT2D eigenvalue weighted by atomic mass is 10.2. The molecule has 0 amide bonds. The second kappa shape index (κ2) is 7.85. The van der Waals surface area contributed by atoms with E-state index < -0.39 is 9.84 Å². The van der Waals surface area contributed by atoms with E-state index in [2.05, 4.69) is 24.1 Å². The van der Waals surface area contributed by atoms with Crippen molar-refractivity contribution in [2.75, 3.05) is 18.8 Å². The van der Waals surface area contributed by atoms with Gasteiger partial charge in [0.1, 0.15) is 0 Å². The molecule has 1 N–H and O–H groups in total. The van der Waals surface area contributed by atoms with Crippen LogP contribution in [0.25, 0.3) is 0 Å². The summed E-state index contributed by atoms with van der Waals surface area (Å²) >= 11 is 5.40. The molecule has 0 saturated carbocycles. The number of nitrogens with one attached hydrogen (secondary N) is 1. The molecule has 1 atom stereocenters. The highest BCUT2D eigenvalue weighted by molar-refractivity contribution is 7.94. The van der Waals surface area contributed by atoms with Crippen LogP contribution in [0.2, 0.25) is 0 Å². The average molecular weight is 304 g/mol. The molecule has 0 spiro atoms. The van der Waals surface area contributed by atoms with Crippen LogP contribution in [0.5, 0.6) is 0 Å². The minimum atomic E-state index is -3.02. The Labute approximate surface area is 122 Å². The van der Waals surface area contributed by atoms with Crippen molar-refractivity contribution >= 4 is 27.2 Å². The third kappa shape index (κ3) is 5.91. The first-order valence-corrected chi connectivity index (χ1v) is 9.07. The fourth-order valence-electron chi connectivity index (χ4n) is 1.93. The zero-order valence-electron chi connectivity index (χ0n) is 11.8. The molecular weight excluding hydrogens is 280 g/mol. The maximum Gasteiger partial charge on any atom is 0.173 e. The quantitative estimate of drug-likeness (QED) is 0.730. The topological polar surface area (TPSA) is 49.4 Å². The van der Waals surface area contributed by atoms with Gasteiger partial charge in [-0.05, 0) is 31.1 Å². The summed E-state index contributed by atoms with van der Waals surface area (Å²) in [4.78, 5) is 2.15. The van der Waals surface area contributed by atoms with Crippen molar-refractivity contribution in [1.82, 2.24) is 10.2 Å². The van der Waals surface area contributed by atoms with Gasteiger partial charge in [-0.15, -0.1) is 0 Å². The first kappa shape index (κ1) is 16.4. The molecule has 0 aromatic carbocycles. The van der Waals surface area contributed by atoms with Gasteiger partial charge < -0.3 is 10.2 Å². The standard InChI is InChI=1S/C13H24N2O2S2/c1-3-5-8-15(9-6-4-2)13(18)14-12-7-10-19(16,17)11-12/h7,10,12H,3-6,8-9,11H2,1-2H3,(H,14,18). The molecule has 1 unspecified atom stereocenters. The van der Waals surface area contributed by atoms with E-state index in [0.717, 1.165) is 38.8 Å². The average Bonchev–Trinajstić information content (AvgIpc) is 2.68. The lowest BCUT2D eigenvalue weighted by molar-refractivity contribution is 0.390. The summed E-state index contributed by atoms with van der Waals surface area (Å²) in [7, 11) is -3.02. The summed E-state index contributed by atoms with van der Waals surface area (Å²) in [5, 5.41) is 5.09. The highest BCUT2D eigenvalue weighted by Gasteiger charge is 2.23. The Balaban J connectivity index is 2.49. The molecule has 19 heavy (non-hydrogen) atoms. The Morgan fingerprint density at radius 1 is 1.32 bits per heavy atom. The van der Waals surface area contributed by atoms with Crippen LogP contribution >= 0.6 is 12.2 Å². The van der Waals surface area contributed by atoms with Gasteiger partial charge in [-0.1, -0.05) is 26.7 Å². The van der Waals surface area contributed by atoms with Crippen LogP contribution in [-0.2, 0) is 9.84 Å². The fourth-order valence-corrected chi connectivity index (χ4v) is 3.50. The fraction of sp³-hybridized carbons (Fsp3) is 0.769. The second-order valence-electron chi connectivity index (χ2n) is 4.91. The van der Waals surface area contributed by atoms with E-state index in [0.29, 0.717) is 5.11 Å². The number of thiocarbonyl (C=S) groups is 1. The summed E-state index contributed by atoms with van der Waals surface area (Å²) in [6, 6.07) is -0.178. The van der Waals surface area contributed by atoms with Gasteiger partial charge in [-0.3, -0.25) is 0 Å². The Bertz CT molecular complexity index is 410. The summed E-state index contributed by atoms with van der Waals surface area (Å²) < 4.78 is 22.7. The van der Waals surface area contributed by atoms with Gasteiger partial charge in [0.2, 0.25) is 0 Å². The van der Waals surface area contributed by atoms with E-state index in [1.54, 1.807) is 6.08 Å². The van der Waals surface area contributed by atoms with Crippen molar-refractivity contribution in [3.05, 3.63) is 11.5 Å². The maximum atomic E-state index is 11.4. The van der Waals surface area contributed by atoms with Crippen LogP contribution in [0.4, 0.5) is 0 Å². The highest BCUT2D eigenvalue weighted by Crippen LogP contribution is 2.09. The van der Waals surface area contributed by atoms with Crippen LogP contribution in [-0.4, -0.2) is 43.3 Å². The van der Waals surface area contributed by atoms with E-state index in [4.69, 9.17) is 12.2 Å². The van der Waals surface area contributed by atoms with Gasteiger partial charge in [-0.2, -0.15) is 0 Å². The van der Waals surface area contributed by atoms with E-state index in [9.17, 15) is 8.42 Å². The molecule has 1 rings (SSSR count). The third-order valence-corrected chi connectivity index (χ3v) is 4.86. The zero-order chi connectivity index (χ0) is 14.3. The Morgan fingerprint density at radius 3 is 2.32 bits per heavy atom. The highest BCUT2D eigenvalue weighted by atomic mass is 32.2. The molecule has 0 radical (unpaired) electrons. The van der Waals surface area contributed by atoms with Crippen LogP contribution < -0.4 is 5.32 Å². The summed E-state index contributed by atoms with van der Waals surface area (Å²) in [6.07, 6.45) is 6.14. The van der Waals surface area contributed by atoms with Crippen molar-refractivity contribution in [2.24, 2.45) is 0 Å². The molecule has 0 aliphatic carbocycles. The molecular formula is C13H24N2O2S2. The van der Waals surface area contributed by atoms with Crippen LogP contribution in [0.3, 0.4) is 0 Å². The SMILES string of the molecule is CCCCN(CCCC)C(=S)NC1C=CS(=O)(=O)C1. The van der Waals surface area contributed by atoms with Gasteiger partial charge in [-0.25, -0.2) is 8.42 Å². The largest absolute Gasteiger partial charge is 0.355 e. The Kier molecular flexibility index (Phi) is 6.79. The Morgan fingerprint density at radius 2 is 1.89 bits per heavy atom. The zero-order valence-corrected chi connectivity index (χ0v) is 13.4. The lowest BCUT2D eigenvalue weighted by Gasteiger charge is -2.27. The maximum absolute atomic E-state index is 11.4. The van der Waals surface area contributed by atoms with Crippen molar-refractivity contribution < 1.29 is 8.42 Å². The number of unbranched alkanes of at least 4 members (excludes halogenated alkanes) is 2. The van der Waals surface area contributed by atoms with Crippen molar-refractivity contribution in [3.63, 3.8) is 0 Å². The second-order valence-corrected chi connectivity index (χ2v) is 7.23. The predicted octanol–water partition coefficient (Wildman–Crippen LogP) is 2.07. The van der Waals surface area contributed by atoms with Gasteiger partial charge >= 0.3 is 0 Å². The van der Waals surface area contributed by atoms with Gasteiger partial charge in [0.05, 0.1) is 11.8 Å². The number of hydrogen-bond donors (Lipinski definition) is 1. The molecule has 0 bridgehead atoms. The molecule has 0 fully saturated rings. The van der Waals surface area contributed by atoms with Crippen LogP contribution in [0, 0.1) is 0 Å². The number of hydrogen-bond acceptors (Lipinski definition) is 3. The van der Waals surface area contributed by atoms with E-state index in [1.165, 1.54) is 5.41 Å². The monoisotopic (exact) mass is 304 g/mol. The number of sulfone groups is 1. The minimum absolute atomic E-state index is 0.114. The van der Waals surface area contributed by atoms with E-state index in [-0.39, 0.29) is 11.8 Å². The summed E-state index contributed by atoms with van der Waals surface area (Å²) in [5.41, 5.74) is 0. The molecule has 1 heterocycles. The predicted molar refractivity (Wildman–Crippen MR) is 83.8 cm³/mol. The minimum Gasteiger partial charge on any atom is -0.355 e. The van der Waals surface area contributed by atoms with Gasteiger partial charge in [0, 0.05) is 18.5 Å². The van der Waals surface area contributed by atoms with Gasteiger partial charge in [0.15, 0.2) is 14.9 Å². The normalized spacial score (nSPS) is 20.4. The number of nitrogens with zero attached hydrogens (tertiary/aromatic N) is 1. The molecule has 0 saturated heterocycles. The molecule has 110 valence electrons. The number of rotatable bonds is 7. The molecule has 0 aromatic heterocycles. The third-order valence-electron chi connectivity index (χ3n) is 3.09. The smallest absolute Gasteiger partial charge is 0.173 e. The summed E-state index contributed by atoms with van der Waals surface area (Å²) in [5.74, 6) is 0.114. The van der Waals surface area contributed by atoms with Crippen molar-refractivity contribution in [2.45, 2.75) is 45.6 Å². The van der Waals surface area contributed by atoms with Crippen molar-refractivity contribution in [3.8, 4) is 0 Å². The first-order chi connectivity index (χ1) is 8.98. The molecule has 0 aromatic rings. The van der Waals surface area contributed by atoms with Crippen LogP contribution in [0.15, 0.2) is 11.5 Å². The molecule has 6 heteroatoms. The molecule has 1 aliphatic rings. The van der Waals surface area contributed by atoms with Crippen molar-refractivity contribution in [1.29, 1.82) is 0 Å². The Hall–Kier alpha value is -0.620. The summed E-state index contributed by atoms with van der Waals surface area (Å²) in [6.45, 7) is 6.18. The van der Waals surface area contributed by atoms with E-state index >= 15 is 0 Å². The first-order valence-electron chi connectivity index (χ1n) is 6.95. The van der Waals surface area contributed by atoms with E-state index in [1.807, 2.05) is 0 Å². The lowest BCUT2D eigenvalue weighted by Crippen LogP contribution is -2.45. The van der Waals surface area contributed by atoms with Gasteiger partial charge in [0.25, 0.3) is 0 Å². The van der Waals surface area contributed by atoms with Crippen LogP contribution in [0.1, 0.15) is 39.5 Å². The molecule has 1 aliphatic heterocycles. The molecule has 4 nitrogen and oxygen atoms in total.